The fourth-order valence-corrected chi connectivity index (χ4v) is 4.12. The molecular weight excluding hydrogens is 414 g/mol. The van der Waals surface area contributed by atoms with Crippen molar-refractivity contribution in [3.8, 4) is 11.6 Å². The molecule has 1 atom stereocenters. The summed E-state index contributed by atoms with van der Waals surface area (Å²) in [4.78, 5) is 18.8. The average Bonchev–Trinajstić information content (AvgIpc) is 3.67. The molecule has 0 spiro atoms. The van der Waals surface area contributed by atoms with Crippen LogP contribution in [0.3, 0.4) is 0 Å². The fraction of sp³-hybridized carbons (Fsp3) is 0.308. The largest absolute Gasteiger partial charge is 0.439 e. The van der Waals surface area contributed by atoms with Gasteiger partial charge in [-0.2, -0.15) is 5.10 Å². The van der Waals surface area contributed by atoms with Crippen LogP contribution >= 0.6 is 0 Å². The lowest BCUT2D eigenvalue weighted by Crippen LogP contribution is -2.42. The van der Waals surface area contributed by atoms with Gasteiger partial charge in [-0.15, -0.1) is 5.10 Å². The van der Waals surface area contributed by atoms with Crippen molar-refractivity contribution in [2.45, 2.75) is 32.1 Å². The van der Waals surface area contributed by atoms with E-state index >= 15 is 0 Å². The Kier molecular flexibility index (Phi) is 6.02. The van der Waals surface area contributed by atoms with E-state index in [0.717, 1.165) is 17.7 Å². The molecule has 1 saturated carbocycles. The number of benzene rings is 1. The first-order chi connectivity index (χ1) is 16.1. The number of anilines is 1. The summed E-state index contributed by atoms with van der Waals surface area (Å²) in [6.45, 7) is 3.47. The van der Waals surface area contributed by atoms with Crippen molar-refractivity contribution in [2.75, 3.05) is 18.4 Å². The third kappa shape index (κ3) is 5.37. The van der Waals surface area contributed by atoms with Crippen LogP contribution in [0.4, 0.5) is 10.6 Å². The maximum absolute atomic E-state index is 12.6. The van der Waals surface area contributed by atoms with E-state index in [1.807, 2.05) is 35.4 Å². The fourth-order valence-electron chi connectivity index (χ4n) is 4.12. The molecule has 1 unspecified atom stereocenters. The minimum atomic E-state index is -0.142. The number of rotatable bonds is 5. The molecule has 33 heavy (non-hydrogen) atoms. The second-order valence-electron chi connectivity index (χ2n) is 8.73. The molecule has 1 aromatic carbocycles. The van der Waals surface area contributed by atoms with Gasteiger partial charge in [0.25, 0.3) is 0 Å². The molecule has 0 radical (unpaired) electrons. The van der Waals surface area contributed by atoms with Crippen LogP contribution in [-0.2, 0) is 0 Å². The molecule has 2 aromatic heterocycles. The van der Waals surface area contributed by atoms with Gasteiger partial charge in [0.15, 0.2) is 5.82 Å². The first kappa shape index (κ1) is 21.1. The molecule has 3 heterocycles. The van der Waals surface area contributed by atoms with Crippen molar-refractivity contribution in [1.29, 1.82) is 0 Å². The van der Waals surface area contributed by atoms with Gasteiger partial charge in [0.2, 0.25) is 5.88 Å². The van der Waals surface area contributed by atoms with Crippen LogP contribution < -0.4 is 10.1 Å². The monoisotopic (exact) mass is 441 g/mol. The zero-order valence-electron chi connectivity index (χ0n) is 18.6. The molecule has 5 rings (SSSR count). The van der Waals surface area contributed by atoms with Crippen molar-refractivity contribution in [3.63, 3.8) is 0 Å². The summed E-state index contributed by atoms with van der Waals surface area (Å²) in [5.41, 5.74) is 3.70. The molecule has 0 bridgehead atoms. The highest BCUT2D eigenvalue weighted by molar-refractivity contribution is 5.88. The standard InChI is InChI=1S/C26H27N5O2/c1-18-17-31(26(32)29-24-6-3-12-28-30-24)13-11-21(18)14-19-4-2-5-23(15-19)33-25-10-9-22(16-27-25)20-7-8-20/h2-6,9-10,12,14-16,18,20H,7-8,11,13,17H2,1H3,(H,29,30,32)/b21-14+. The minimum absolute atomic E-state index is 0.142. The van der Waals surface area contributed by atoms with Crippen LogP contribution in [0.2, 0.25) is 0 Å². The topological polar surface area (TPSA) is 80.2 Å². The van der Waals surface area contributed by atoms with Crippen molar-refractivity contribution in [2.24, 2.45) is 5.92 Å². The van der Waals surface area contributed by atoms with Gasteiger partial charge in [0.05, 0.1) is 0 Å². The maximum atomic E-state index is 12.6. The van der Waals surface area contributed by atoms with Crippen molar-refractivity contribution < 1.29 is 9.53 Å². The number of likely N-dealkylation sites (tertiary alicyclic amines) is 1. The number of ether oxygens (including phenoxy) is 1. The Labute approximate surface area is 193 Å². The van der Waals surface area contributed by atoms with Crippen molar-refractivity contribution >= 4 is 17.9 Å². The Morgan fingerprint density at radius 2 is 2.09 bits per heavy atom. The lowest BCUT2D eigenvalue weighted by atomic mass is 9.91. The van der Waals surface area contributed by atoms with Crippen LogP contribution in [0.25, 0.3) is 6.08 Å². The van der Waals surface area contributed by atoms with E-state index in [9.17, 15) is 4.79 Å². The summed E-state index contributed by atoms with van der Waals surface area (Å²) < 4.78 is 5.98. The van der Waals surface area contributed by atoms with Gasteiger partial charge in [-0.25, -0.2) is 9.78 Å². The first-order valence-corrected chi connectivity index (χ1v) is 11.4. The summed E-state index contributed by atoms with van der Waals surface area (Å²) in [5.74, 6) is 2.79. The third-order valence-electron chi connectivity index (χ3n) is 6.13. The van der Waals surface area contributed by atoms with Crippen LogP contribution in [0.5, 0.6) is 11.6 Å². The van der Waals surface area contributed by atoms with Crippen LogP contribution in [-0.4, -0.2) is 39.2 Å². The number of nitrogens with zero attached hydrogens (tertiary/aromatic N) is 4. The number of hydrogen-bond donors (Lipinski definition) is 1. The molecule has 2 aliphatic rings. The first-order valence-electron chi connectivity index (χ1n) is 11.4. The third-order valence-corrected chi connectivity index (χ3v) is 6.13. The highest BCUT2D eigenvalue weighted by atomic mass is 16.5. The Balaban J connectivity index is 1.21. The van der Waals surface area contributed by atoms with E-state index in [2.05, 4.69) is 45.6 Å². The van der Waals surface area contributed by atoms with Crippen LogP contribution in [0.15, 0.2) is 66.5 Å². The van der Waals surface area contributed by atoms with Crippen molar-refractivity contribution in [1.82, 2.24) is 20.1 Å². The molecule has 7 nitrogen and oxygen atoms in total. The normalized spacial score (nSPS) is 19.4. The zero-order valence-corrected chi connectivity index (χ0v) is 18.6. The molecule has 7 heteroatoms. The number of amides is 2. The number of pyridine rings is 1. The number of aromatic nitrogens is 3. The second kappa shape index (κ2) is 9.40. The SMILES string of the molecule is CC1CN(C(=O)Nc2cccnn2)CC/C1=C\c1cccc(Oc2ccc(C3CC3)cn2)c1. The molecule has 1 aliphatic heterocycles. The highest BCUT2D eigenvalue weighted by Crippen LogP contribution is 2.40. The molecule has 3 aromatic rings. The quantitative estimate of drug-likeness (QED) is 0.566. The molecule has 2 fully saturated rings. The number of piperidine rings is 1. The zero-order chi connectivity index (χ0) is 22.6. The summed E-state index contributed by atoms with van der Waals surface area (Å²) in [7, 11) is 0. The van der Waals surface area contributed by atoms with Crippen molar-refractivity contribution in [3.05, 3.63) is 77.6 Å². The Bertz CT molecular complexity index is 1140. The number of carbonyl (C=O) groups is 1. The van der Waals surface area contributed by atoms with E-state index in [-0.39, 0.29) is 11.9 Å². The highest BCUT2D eigenvalue weighted by Gasteiger charge is 2.25. The van der Waals surface area contributed by atoms with E-state index in [4.69, 9.17) is 4.74 Å². The van der Waals surface area contributed by atoms with Gasteiger partial charge in [-0.3, -0.25) is 5.32 Å². The lowest BCUT2D eigenvalue weighted by Gasteiger charge is -2.33. The Morgan fingerprint density at radius 3 is 2.82 bits per heavy atom. The predicted molar refractivity (Wildman–Crippen MR) is 127 cm³/mol. The molecule has 168 valence electrons. The number of urea groups is 1. The average molecular weight is 442 g/mol. The van der Waals surface area contributed by atoms with Crippen LogP contribution in [0, 0.1) is 5.92 Å². The summed E-state index contributed by atoms with van der Waals surface area (Å²) in [6, 6.07) is 15.4. The molecule has 1 saturated heterocycles. The number of carbonyl (C=O) groups excluding carboxylic acids is 1. The van der Waals surface area contributed by atoms with Crippen LogP contribution in [0.1, 0.15) is 43.2 Å². The minimum Gasteiger partial charge on any atom is -0.439 e. The van der Waals surface area contributed by atoms with Gasteiger partial charge in [0, 0.05) is 31.5 Å². The smallest absolute Gasteiger partial charge is 0.323 e. The second-order valence-corrected chi connectivity index (χ2v) is 8.73. The van der Waals surface area contributed by atoms with E-state index in [1.165, 1.54) is 24.0 Å². The Hall–Kier alpha value is -3.74. The summed E-state index contributed by atoms with van der Waals surface area (Å²) in [6.07, 6.45) is 9.07. The van der Waals surface area contributed by atoms with Gasteiger partial charge in [-0.1, -0.05) is 36.8 Å². The molecule has 1 N–H and O–H groups in total. The Morgan fingerprint density at radius 1 is 1.18 bits per heavy atom. The summed E-state index contributed by atoms with van der Waals surface area (Å²) >= 11 is 0. The number of hydrogen-bond acceptors (Lipinski definition) is 5. The van der Waals surface area contributed by atoms with Gasteiger partial charge in [0.1, 0.15) is 5.75 Å². The predicted octanol–water partition coefficient (Wildman–Crippen LogP) is 5.50. The summed E-state index contributed by atoms with van der Waals surface area (Å²) in [5, 5.41) is 10.5. The lowest BCUT2D eigenvalue weighted by molar-refractivity contribution is 0.197. The molecular formula is C26H27N5O2. The van der Waals surface area contributed by atoms with Gasteiger partial charge < -0.3 is 9.64 Å². The van der Waals surface area contributed by atoms with E-state index in [0.29, 0.717) is 30.7 Å². The maximum Gasteiger partial charge on any atom is 0.323 e. The van der Waals surface area contributed by atoms with E-state index in [1.54, 1.807) is 18.3 Å². The van der Waals surface area contributed by atoms with Gasteiger partial charge >= 0.3 is 6.03 Å². The van der Waals surface area contributed by atoms with E-state index < -0.39 is 0 Å². The van der Waals surface area contributed by atoms with Gasteiger partial charge in [-0.05, 0) is 66.5 Å². The number of nitrogens with one attached hydrogen (secondary N) is 1. The molecule has 1 aliphatic carbocycles. The molecule has 2 amide bonds.